The third-order valence-electron chi connectivity index (χ3n) is 4.37. The molecule has 0 spiro atoms. The van der Waals surface area contributed by atoms with E-state index in [4.69, 9.17) is 0 Å². The zero-order chi connectivity index (χ0) is 11.2. The summed E-state index contributed by atoms with van der Waals surface area (Å²) in [5, 5.41) is 11.7. The zero-order valence-electron chi connectivity index (χ0n) is 9.52. The Kier molecular flexibility index (Phi) is 2.09. The number of hydrogen-bond acceptors (Lipinski definition) is 4. The Balaban J connectivity index is 1.97. The number of Topliss-reactive ketones (excluding diaryl/α,β-unsaturated/α-hetero) is 1. The highest BCUT2D eigenvalue weighted by Gasteiger charge is 2.44. The molecule has 2 aliphatic rings. The van der Waals surface area contributed by atoms with Gasteiger partial charge < -0.3 is 0 Å². The highest BCUT2D eigenvalue weighted by molar-refractivity contribution is 5.85. The van der Waals surface area contributed by atoms with E-state index >= 15 is 0 Å². The first-order chi connectivity index (χ1) is 7.70. The van der Waals surface area contributed by atoms with E-state index in [2.05, 4.69) is 22.4 Å². The van der Waals surface area contributed by atoms with Crippen LogP contribution in [-0.2, 0) is 17.8 Å². The third-order valence-corrected chi connectivity index (χ3v) is 4.37. The van der Waals surface area contributed by atoms with Gasteiger partial charge in [-0.05, 0) is 35.6 Å². The summed E-state index contributed by atoms with van der Waals surface area (Å²) in [5.41, 5.74) is -0.152. The number of carbonyl (C=O) groups is 1. The molecule has 0 saturated heterocycles. The number of tetrazole rings is 1. The molecule has 0 bridgehead atoms. The molecule has 3 rings (SSSR count). The molecule has 1 saturated carbocycles. The zero-order valence-corrected chi connectivity index (χ0v) is 9.52. The molecule has 1 fully saturated rings. The van der Waals surface area contributed by atoms with E-state index in [0.717, 1.165) is 44.5 Å². The molecule has 1 aromatic heterocycles. The molecule has 5 heteroatoms. The molecule has 0 N–H and O–H groups in total. The second-order valence-electron chi connectivity index (χ2n) is 5.20. The normalized spacial score (nSPS) is 34.1. The Morgan fingerprint density at radius 1 is 1.50 bits per heavy atom. The number of aryl methyl sites for hydroxylation is 1. The fraction of sp³-hybridized carbons (Fsp3) is 0.818. The quantitative estimate of drug-likeness (QED) is 0.654. The van der Waals surface area contributed by atoms with Crippen molar-refractivity contribution in [2.75, 3.05) is 0 Å². The Labute approximate surface area is 94.2 Å². The van der Waals surface area contributed by atoms with Crippen molar-refractivity contribution < 1.29 is 4.79 Å². The molecule has 0 aromatic carbocycles. The third kappa shape index (κ3) is 1.30. The van der Waals surface area contributed by atoms with E-state index in [1.165, 1.54) is 0 Å². The summed E-state index contributed by atoms with van der Waals surface area (Å²) in [4.78, 5) is 12.1. The van der Waals surface area contributed by atoms with Crippen molar-refractivity contribution >= 4 is 5.78 Å². The van der Waals surface area contributed by atoms with Gasteiger partial charge in [-0.3, -0.25) is 4.79 Å². The van der Waals surface area contributed by atoms with E-state index in [-0.39, 0.29) is 5.41 Å². The van der Waals surface area contributed by atoms with E-state index in [1.54, 1.807) is 0 Å². The highest BCUT2D eigenvalue weighted by atomic mass is 16.1. The predicted molar refractivity (Wildman–Crippen MR) is 56.6 cm³/mol. The van der Waals surface area contributed by atoms with Crippen molar-refractivity contribution in [3.8, 4) is 0 Å². The van der Waals surface area contributed by atoms with Crippen LogP contribution in [-0.4, -0.2) is 26.0 Å². The average molecular weight is 220 g/mol. The maximum Gasteiger partial charge on any atom is 0.151 e. The summed E-state index contributed by atoms with van der Waals surface area (Å²) in [6.07, 6.45) is 4.65. The van der Waals surface area contributed by atoms with Crippen LogP contribution in [0.4, 0.5) is 0 Å². The first-order valence-electron chi connectivity index (χ1n) is 5.98. The molecule has 0 radical (unpaired) electrons. The summed E-state index contributed by atoms with van der Waals surface area (Å²) < 4.78 is 1.86. The predicted octanol–water partition coefficient (Wildman–Crippen LogP) is 0.995. The number of fused-ring (bicyclic) bond motifs is 2. The number of carbonyl (C=O) groups excluding carboxylic acids is 1. The standard InChI is InChI=1S/C11H16N4O/c1-11-5-6-15-10(12-13-14-15)7-8(11)3-2-4-9(11)16/h8H,2-7H2,1H3/t8?,11-/m0/s1. The topological polar surface area (TPSA) is 60.7 Å². The van der Waals surface area contributed by atoms with Gasteiger partial charge >= 0.3 is 0 Å². The lowest BCUT2D eigenvalue weighted by Crippen LogP contribution is -2.40. The van der Waals surface area contributed by atoms with Crippen LogP contribution in [0.15, 0.2) is 0 Å². The monoisotopic (exact) mass is 220 g/mol. The Morgan fingerprint density at radius 3 is 3.25 bits per heavy atom. The number of aromatic nitrogens is 4. The number of hydrogen-bond donors (Lipinski definition) is 0. The van der Waals surface area contributed by atoms with Gasteiger partial charge in [-0.15, -0.1) is 5.10 Å². The number of rotatable bonds is 0. The van der Waals surface area contributed by atoms with E-state index in [1.807, 2.05) is 4.68 Å². The molecule has 0 amide bonds. The van der Waals surface area contributed by atoms with Crippen molar-refractivity contribution in [3.63, 3.8) is 0 Å². The summed E-state index contributed by atoms with van der Waals surface area (Å²) >= 11 is 0. The summed E-state index contributed by atoms with van der Waals surface area (Å²) in [7, 11) is 0. The van der Waals surface area contributed by atoms with Crippen LogP contribution in [0.2, 0.25) is 0 Å². The summed E-state index contributed by atoms with van der Waals surface area (Å²) in [5.74, 6) is 1.81. The Morgan fingerprint density at radius 2 is 2.38 bits per heavy atom. The van der Waals surface area contributed by atoms with Crippen LogP contribution in [0.25, 0.3) is 0 Å². The molecule has 1 aliphatic heterocycles. The average Bonchev–Trinajstić information content (AvgIpc) is 2.65. The van der Waals surface area contributed by atoms with Gasteiger partial charge in [-0.2, -0.15) is 0 Å². The van der Waals surface area contributed by atoms with Crippen molar-refractivity contribution in [1.29, 1.82) is 0 Å². The molecule has 86 valence electrons. The van der Waals surface area contributed by atoms with Gasteiger partial charge in [0.2, 0.25) is 0 Å². The van der Waals surface area contributed by atoms with Crippen LogP contribution < -0.4 is 0 Å². The Bertz CT molecular complexity index is 427. The highest BCUT2D eigenvalue weighted by Crippen LogP contribution is 2.44. The molecule has 1 aromatic rings. The van der Waals surface area contributed by atoms with E-state index < -0.39 is 0 Å². The van der Waals surface area contributed by atoms with Gasteiger partial charge in [0.15, 0.2) is 5.82 Å². The van der Waals surface area contributed by atoms with E-state index in [9.17, 15) is 4.79 Å². The molecule has 2 atom stereocenters. The van der Waals surface area contributed by atoms with Gasteiger partial charge in [0.05, 0.1) is 0 Å². The Hall–Kier alpha value is -1.26. The van der Waals surface area contributed by atoms with Crippen molar-refractivity contribution in [1.82, 2.24) is 20.2 Å². The molecule has 2 heterocycles. The number of ketones is 1. The van der Waals surface area contributed by atoms with Crippen molar-refractivity contribution in [3.05, 3.63) is 5.82 Å². The fourth-order valence-corrected chi connectivity index (χ4v) is 3.11. The van der Waals surface area contributed by atoms with Gasteiger partial charge in [0, 0.05) is 24.8 Å². The second-order valence-corrected chi connectivity index (χ2v) is 5.20. The van der Waals surface area contributed by atoms with Crippen LogP contribution in [0, 0.1) is 11.3 Å². The second kappa shape index (κ2) is 3.37. The van der Waals surface area contributed by atoms with Gasteiger partial charge in [0.1, 0.15) is 5.78 Å². The van der Waals surface area contributed by atoms with Crippen LogP contribution in [0.5, 0.6) is 0 Å². The molecular weight excluding hydrogens is 204 g/mol. The van der Waals surface area contributed by atoms with Crippen LogP contribution in [0.3, 0.4) is 0 Å². The first-order valence-corrected chi connectivity index (χ1v) is 5.98. The molecule has 1 unspecified atom stereocenters. The van der Waals surface area contributed by atoms with Crippen LogP contribution in [0.1, 0.15) is 38.4 Å². The maximum atomic E-state index is 12.1. The lowest BCUT2D eigenvalue weighted by atomic mass is 9.64. The largest absolute Gasteiger partial charge is 0.299 e. The van der Waals surface area contributed by atoms with Crippen molar-refractivity contribution in [2.45, 2.75) is 45.6 Å². The van der Waals surface area contributed by atoms with Gasteiger partial charge in [-0.1, -0.05) is 6.92 Å². The number of nitrogens with zero attached hydrogens (tertiary/aromatic N) is 4. The lowest BCUT2D eigenvalue weighted by molar-refractivity contribution is -0.134. The fourth-order valence-electron chi connectivity index (χ4n) is 3.11. The van der Waals surface area contributed by atoms with Crippen LogP contribution >= 0.6 is 0 Å². The minimum Gasteiger partial charge on any atom is -0.299 e. The minimum atomic E-state index is -0.152. The molecule has 16 heavy (non-hydrogen) atoms. The van der Waals surface area contributed by atoms with Gasteiger partial charge in [0.25, 0.3) is 0 Å². The maximum absolute atomic E-state index is 12.1. The van der Waals surface area contributed by atoms with Gasteiger partial charge in [-0.25, -0.2) is 4.68 Å². The van der Waals surface area contributed by atoms with Crippen molar-refractivity contribution in [2.24, 2.45) is 11.3 Å². The minimum absolute atomic E-state index is 0.152. The summed E-state index contributed by atoms with van der Waals surface area (Å²) in [6, 6.07) is 0. The summed E-state index contributed by atoms with van der Waals surface area (Å²) in [6.45, 7) is 2.90. The SMILES string of the molecule is C[C@]12CCn3nnnc3CC1CCCC2=O. The lowest BCUT2D eigenvalue weighted by Gasteiger charge is -2.38. The molecule has 5 nitrogen and oxygen atoms in total. The first kappa shape index (κ1) is 9.93. The van der Waals surface area contributed by atoms with E-state index in [0.29, 0.717) is 11.7 Å². The molecule has 1 aliphatic carbocycles. The molecular formula is C11H16N4O. The smallest absolute Gasteiger partial charge is 0.151 e.